The largest absolute Gasteiger partial charge is 1.00 e. The molecule has 28 heavy (non-hydrogen) atoms. The standard InChI is InChI=1S/C22H19N3O2.HI/c1-3-25-13-18(21(27)17-9-8-14(2)24-22(17)25)20(26)12-19-16-7-5-4-6-15(16)10-11-23-19;/h4-11,13H,3,12H2,1-2H3;1H. The van der Waals surface area contributed by atoms with E-state index in [0.717, 1.165) is 22.2 Å². The molecule has 0 radical (unpaired) electrons. The maximum Gasteiger partial charge on any atom is 0.201 e. The van der Waals surface area contributed by atoms with Crippen LogP contribution in [-0.2, 0) is 13.0 Å². The number of nitrogens with one attached hydrogen (secondary N) is 1. The topological polar surface area (TPSA) is 66.1 Å². The molecule has 5 nitrogen and oxygen atoms in total. The molecule has 0 bridgehead atoms. The molecule has 1 aromatic carbocycles. The van der Waals surface area contributed by atoms with Gasteiger partial charge in [0.15, 0.2) is 17.7 Å². The van der Waals surface area contributed by atoms with Crippen molar-refractivity contribution in [2.24, 2.45) is 0 Å². The van der Waals surface area contributed by atoms with Gasteiger partial charge in [-0.1, -0.05) is 18.2 Å². The summed E-state index contributed by atoms with van der Waals surface area (Å²) >= 11 is 0. The fourth-order valence-corrected chi connectivity index (χ4v) is 3.43. The molecule has 1 N–H and O–H groups in total. The first-order valence-corrected chi connectivity index (χ1v) is 9.01. The number of rotatable bonds is 4. The van der Waals surface area contributed by atoms with Crippen LogP contribution in [0.25, 0.3) is 21.8 Å². The molecule has 0 aliphatic carbocycles. The van der Waals surface area contributed by atoms with Crippen LogP contribution in [0.3, 0.4) is 0 Å². The minimum absolute atomic E-state index is 0. The molecule has 3 heterocycles. The lowest BCUT2D eigenvalue weighted by Gasteiger charge is -2.10. The number of hydrogen-bond donors (Lipinski definition) is 0. The van der Waals surface area contributed by atoms with Crippen LogP contribution in [0, 0.1) is 6.92 Å². The van der Waals surface area contributed by atoms with Crippen molar-refractivity contribution < 1.29 is 33.8 Å². The molecule has 0 saturated carbocycles. The van der Waals surface area contributed by atoms with Crippen molar-refractivity contribution in [1.29, 1.82) is 0 Å². The molecule has 3 aromatic heterocycles. The number of H-pyrrole nitrogens is 1. The number of aromatic nitrogens is 3. The monoisotopic (exact) mass is 485 g/mol. The highest BCUT2D eigenvalue weighted by Gasteiger charge is 2.20. The highest BCUT2D eigenvalue weighted by atomic mass is 127. The van der Waals surface area contributed by atoms with Crippen molar-refractivity contribution in [3.05, 3.63) is 82.0 Å². The van der Waals surface area contributed by atoms with Crippen molar-refractivity contribution in [3.63, 3.8) is 0 Å². The Hall–Kier alpha value is -2.61. The number of fused-ring (bicyclic) bond motifs is 2. The Balaban J connectivity index is 0.00000225. The van der Waals surface area contributed by atoms with Crippen LogP contribution in [-0.4, -0.2) is 15.3 Å². The summed E-state index contributed by atoms with van der Waals surface area (Å²) in [7, 11) is 0. The van der Waals surface area contributed by atoms with Crippen molar-refractivity contribution >= 4 is 27.6 Å². The fraction of sp³-hybridized carbons (Fsp3) is 0.182. The van der Waals surface area contributed by atoms with Crippen molar-refractivity contribution in [3.8, 4) is 0 Å². The van der Waals surface area contributed by atoms with Crippen LogP contribution in [0.4, 0.5) is 0 Å². The van der Waals surface area contributed by atoms with Crippen molar-refractivity contribution in [1.82, 2.24) is 9.55 Å². The van der Waals surface area contributed by atoms with Crippen LogP contribution in [0.1, 0.15) is 28.7 Å². The number of hydrogen-bond acceptors (Lipinski definition) is 3. The number of pyridine rings is 3. The van der Waals surface area contributed by atoms with Gasteiger partial charge in [-0.05, 0) is 37.4 Å². The second kappa shape index (κ2) is 8.18. The number of Topliss-reactive ketones (excluding diaryl/α,β-unsaturated/α-hetero) is 1. The summed E-state index contributed by atoms with van der Waals surface area (Å²) < 4.78 is 1.86. The van der Waals surface area contributed by atoms with E-state index >= 15 is 0 Å². The van der Waals surface area contributed by atoms with Gasteiger partial charge in [0.2, 0.25) is 5.43 Å². The zero-order valence-electron chi connectivity index (χ0n) is 15.7. The SMILES string of the molecule is CCn1cc(C(=O)Cc2[nH+]ccc3ccccc23)c(=O)c2ccc(C)nc21.[I-]. The molecule has 4 aromatic rings. The predicted octanol–water partition coefficient (Wildman–Crippen LogP) is 0.122. The molecule has 0 aliphatic heterocycles. The molecule has 142 valence electrons. The first-order valence-electron chi connectivity index (χ1n) is 9.01. The third-order valence-corrected chi connectivity index (χ3v) is 4.85. The molecule has 4 rings (SSSR count). The number of carbonyl (C=O) groups excluding carboxylic acids is 1. The number of nitrogens with zero attached hydrogens (tertiary/aromatic N) is 2. The molecular weight excluding hydrogens is 465 g/mol. The molecule has 0 unspecified atom stereocenters. The smallest absolute Gasteiger partial charge is 0.201 e. The van der Waals surface area contributed by atoms with Gasteiger partial charge in [0.25, 0.3) is 0 Å². The minimum Gasteiger partial charge on any atom is -1.00 e. The quantitative estimate of drug-likeness (QED) is 0.305. The normalized spacial score (nSPS) is 10.8. The summed E-state index contributed by atoms with van der Waals surface area (Å²) in [5, 5.41) is 2.53. The Kier molecular flexibility index (Phi) is 5.88. The van der Waals surface area contributed by atoms with Crippen LogP contribution in [0.15, 0.2) is 59.7 Å². The Labute approximate surface area is 179 Å². The van der Waals surface area contributed by atoms with Gasteiger partial charge in [0, 0.05) is 29.9 Å². The molecule has 0 spiro atoms. The Morgan fingerprint density at radius 2 is 1.89 bits per heavy atom. The van der Waals surface area contributed by atoms with E-state index in [0.29, 0.717) is 17.6 Å². The molecule has 6 heteroatoms. The first-order chi connectivity index (χ1) is 13.1. The number of aromatic amines is 1. The highest BCUT2D eigenvalue weighted by Crippen LogP contribution is 2.17. The van der Waals surface area contributed by atoms with E-state index in [2.05, 4.69) is 9.97 Å². The predicted molar refractivity (Wildman–Crippen MR) is 105 cm³/mol. The van der Waals surface area contributed by atoms with E-state index in [1.807, 2.05) is 54.9 Å². The van der Waals surface area contributed by atoms with Crippen LogP contribution in [0.5, 0.6) is 0 Å². The number of carbonyl (C=O) groups is 1. The van der Waals surface area contributed by atoms with Crippen LogP contribution in [0.2, 0.25) is 0 Å². The van der Waals surface area contributed by atoms with E-state index in [4.69, 9.17) is 0 Å². The third kappa shape index (κ3) is 3.56. The third-order valence-electron chi connectivity index (χ3n) is 4.85. The maximum absolute atomic E-state index is 13.0. The van der Waals surface area contributed by atoms with Gasteiger partial charge in [0.05, 0.1) is 17.4 Å². The van der Waals surface area contributed by atoms with E-state index in [1.54, 1.807) is 18.3 Å². The lowest BCUT2D eigenvalue weighted by Crippen LogP contribution is -3.00. The summed E-state index contributed by atoms with van der Waals surface area (Å²) in [6.45, 7) is 4.49. The number of benzene rings is 1. The van der Waals surface area contributed by atoms with E-state index in [9.17, 15) is 9.59 Å². The zero-order chi connectivity index (χ0) is 19.0. The van der Waals surface area contributed by atoms with Gasteiger partial charge in [0.1, 0.15) is 5.65 Å². The Morgan fingerprint density at radius 3 is 2.68 bits per heavy atom. The van der Waals surface area contributed by atoms with Crippen LogP contribution < -0.4 is 34.4 Å². The molecule has 0 aliphatic rings. The number of ketones is 1. The van der Waals surface area contributed by atoms with Gasteiger partial charge in [-0.2, -0.15) is 0 Å². The highest BCUT2D eigenvalue weighted by molar-refractivity contribution is 6.01. The fourth-order valence-electron chi connectivity index (χ4n) is 3.43. The molecule has 0 fully saturated rings. The summed E-state index contributed by atoms with van der Waals surface area (Å²) in [5.41, 5.74) is 2.22. The van der Waals surface area contributed by atoms with Gasteiger partial charge in [-0.15, -0.1) is 0 Å². The second-order valence-electron chi connectivity index (χ2n) is 6.63. The van der Waals surface area contributed by atoms with Gasteiger partial charge >= 0.3 is 0 Å². The van der Waals surface area contributed by atoms with Crippen molar-refractivity contribution in [2.75, 3.05) is 0 Å². The summed E-state index contributed by atoms with van der Waals surface area (Å²) in [6, 6.07) is 13.4. The molecule has 0 amide bonds. The molecular formula is C22H20IN3O2. The zero-order valence-corrected chi connectivity index (χ0v) is 17.9. The summed E-state index contributed by atoms with van der Waals surface area (Å²) in [5.74, 6) is -0.197. The Morgan fingerprint density at radius 1 is 1.11 bits per heavy atom. The van der Waals surface area contributed by atoms with Gasteiger partial charge in [-0.3, -0.25) is 9.59 Å². The average molecular weight is 485 g/mol. The average Bonchev–Trinajstić information content (AvgIpc) is 2.68. The molecule has 0 atom stereocenters. The number of aryl methyl sites for hydroxylation is 2. The first kappa shape index (κ1) is 20.1. The summed E-state index contributed by atoms with van der Waals surface area (Å²) in [4.78, 5) is 33.6. The number of halogens is 1. The van der Waals surface area contributed by atoms with Crippen LogP contribution >= 0.6 is 0 Å². The van der Waals surface area contributed by atoms with Crippen molar-refractivity contribution in [2.45, 2.75) is 26.8 Å². The Bertz CT molecular complexity index is 1240. The van der Waals surface area contributed by atoms with Gasteiger partial charge < -0.3 is 28.5 Å². The van der Waals surface area contributed by atoms with Gasteiger partial charge in [-0.25, -0.2) is 9.97 Å². The van der Waals surface area contributed by atoms with E-state index in [1.165, 1.54) is 0 Å². The lowest BCUT2D eigenvalue weighted by molar-refractivity contribution is -0.386. The molecule has 0 saturated heterocycles. The van der Waals surface area contributed by atoms with E-state index < -0.39 is 0 Å². The van der Waals surface area contributed by atoms with E-state index in [-0.39, 0.29) is 47.2 Å². The maximum atomic E-state index is 13.0. The second-order valence-corrected chi connectivity index (χ2v) is 6.63. The lowest BCUT2D eigenvalue weighted by atomic mass is 10.0. The summed E-state index contributed by atoms with van der Waals surface area (Å²) in [6.07, 6.45) is 3.61. The minimum atomic E-state index is -0.257.